The Kier molecular flexibility index (Phi) is 5.47. The molecule has 1 heterocycles. The highest BCUT2D eigenvalue weighted by molar-refractivity contribution is 6.03. The number of amides is 1. The molecule has 0 radical (unpaired) electrons. The fourth-order valence-electron chi connectivity index (χ4n) is 2.51. The topological polar surface area (TPSA) is 80.3 Å². The lowest BCUT2D eigenvalue weighted by Gasteiger charge is -2.09. The summed E-state index contributed by atoms with van der Waals surface area (Å²) >= 11 is 0. The van der Waals surface area contributed by atoms with Crippen LogP contribution in [0.15, 0.2) is 66.9 Å². The van der Waals surface area contributed by atoms with Crippen LogP contribution in [0.4, 0.5) is 17.1 Å². The number of nitrogens with zero attached hydrogens (tertiary/aromatic N) is 1. The summed E-state index contributed by atoms with van der Waals surface area (Å²) in [6.45, 7) is 1.93. The van der Waals surface area contributed by atoms with Gasteiger partial charge in [0, 0.05) is 11.4 Å². The second kappa shape index (κ2) is 8.14. The SMILES string of the molecule is COC(=O)c1cccc(Nc2ccc(C(=O)Nc3ccccc3C)nc2)c1. The van der Waals surface area contributed by atoms with Crippen molar-refractivity contribution in [2.24, 2.45) is 0 Å². The maximum atomic E-state index is 12.3. The highest BCUT2D eigenvalue weighted by Gasteiger charge is 2.10. The van der Waals surface area contributed by atoms with E-state index in [0.717, 1.165) is 16.9 Å². The van der Waals surface area contributed by atoms with E-state index >= 15 is 0 Å². The number of hydrogen-bond acceptors (Lipinski definition) is 5. The number of para-hydroxylation sites is 1. The van der Waals surface area contributed by atoms with E-state index in [1.165, 1.54) is 7.11 Å². The number of benzene rings is 2. The number of aryl methyl sites for hydroxylation is 1. The van der Waals surface area contributed by atoms with Crippen LogP contribution in [0.2, 0.25) is 0 Å². The van der Waals surface area contributed by atoms with Gasteiger partial charge in [0.2, 0.25) is 0 Å². The molecular formula is C21H19N3O3. The van der Waals surface area contributed by atoms with Gasteiger partial charge in [-0.05, 0) is 48.9 Å². The molecule has 0 saturated heterocycles. The number of anilines is 3. The highest BCUT2D eigenvalue weighted by Crippen LogP contribution is 2.19. The zero-order valence-corrected chi connectivity index (χ0v) is 15.0. The van der Waals surface area contributed by atoms with Crippen LogP contribution < -0.4 is 10.6 Å². The van der Waals surface area contributed by atoms with Crippen molar-refractivity contribution < 1.29 is 14.3 Å². The minimum absolute atomic E-state index is 0.275. The number of carbonyl (C=O) groups excluding carboxylic acids is 2. The lowest BCUT2D eigenvalue weighted by Crippen LogP contribution is -2.14. The number of esters is 1. The smallest absolute Gasteiger partial charge is 0.337 e. The second-order valence-electron chi connectivity index (χ2n) is 5.90. The molecule has 6 heteroatoms. The molecule has 2 N–H and O–H groups in total. The number of carbonyl (C=O) groups is 2. The minimum Gasteiger partial charge on any atom is -0.465 e. The monoisotopic (exact) mass is 361 g/mol. The van der Waals surface area contributed by atoms with Crippen molar-refractivity contribution in [1.82, 2.24) is 4.98 Å². The van der Waals surface area contributed by atoms with E-state index in [-0.39, 0.29) is 5.91 Å². The molecule has 0 fully saturated rings. The van der Waals surface area contributed by atoms with Gasteiger partial charge in [0.1, 0.15) is 5.69 Å². The zero-order chi connectivity index (χ0) is 19.2. The fraction of sp³-hybridized carbons (Fsp3) is 0.0952. The van der Waals surface area contributed by atoms with Gasteiger partial charge in [0.05, 0.1) is 24.6 Å². The molecule has 2 aromatic carbocycles. The van der Waals surface area contributed by atoms with Crippen molar-refractivity contribution in [3.8, 4) is 0 Å². The molecule has 0 atom stereocenters. The molecule has 136 valence electrons. The number of pyridine rings is 1. The van der Waals surface area contributed by atoms with Crippen molar-refractivity contribution in [2.45, 2.75) is 6.92 Å². The third-order valence-corrected chi connectivity index (χ3v) is 3.96. The van der Waals surface area contributed by atoms with Gasteiger partial charge in [0.25, 0.3) is 5.91 Å². The first kappa shape index (κ1) is 18.1. The summed E-state index contributed by atoms with van der Waals surface area (Å²) in [5.41, 5.74) is 3.92. The van der Waals surface area contributed by atoms with Gasteiger partial charge < -0.3 is 15.4 Å². The molecule has 6 nitrogen and oxygen atoms in total. The van der Waals surface area contributed by atoms with Crippen LogP contribution in [0, 0.1) is 6.92 Å². The third-order valence-electron chi connectivity index (χ3n) is 3.96. The summed E-state index contributed by atoms with van der Waals surface area (Å²) in [7, 11) is 1.34. The standard InChI is InChI=1S/C21H19N3O3/c1-14-6-3-4-9-18(14)24-20(25)19-11-10-17(13-22-19)23-16-8-5-7-15(12-16)21(26)27-2/h3-13,23H,1-2H3,(H,24,25). The average molecular weight is 361 g/mol. The van der Waals surface area contributed by atoms with E-state index in [0.29, 0.717) is 16.9 Å². The third kappa shape index (κ3) is 4.49. The van der Waals surface area contributed by atoms with Gasteiger partial charge in [-0.2, -0.15) is 0 Å². The summed E-state index contributed by atoms with van der Waals surface area (Å²) in [6, 6.07) is 17.9. The maximum Gasteiger partial charge on any atom is 0.337 e. The summed E-state index contributed by atoms with van der Waals surface area (Å²) < 4.78 is 4.72. The second-order valence-corrected chi connectivity index (χ2v) is 5.90. The molecule has 27 heavy (non-hydrogen) atoms. The first-order valence-electron chi connectivity index (χ1n) is 8.35. The summed E-state index contributed by atoms with van der Waals surface area (Å²) in [5.74, 6) is -0.677. The lowest BCUT2D eigenvalue weighted by atomic mass is 10.2. The Morgan fingerprint density at radius 1 is 0.963 bits per heavy atom. The van der Waals surface area contributed by atoms with Crippen LogP contribution in [0.25, 0.3) is 0 Å². The van der Waals surface area contributed by atoms with E-state index in [2.05, 4.69) is 15.6 Å². The number of ether oxygens (including phenoxy) is 1. The van der Waals surface area contributed by atoms with Gasteiger partial charge in [-0.3, -0.25) is 4.79 Å². The normalized spacial score (nSPS) is 10.1. The number of nitrogens with one attached hydrogen (secondary N) is 2. The van der Waals surface area contributed by atoms with Crippen LogP contribution in [-0.2, 0) is 4.74 Å². The van der Waals surface area contributed by atoms with Crippen molar-refractivity contribution in [1.29, 1.82) is 0 Å². The number of hydrogen-bond donors (Lipinski definition) is 2. The first-order valence-corrected chi connectivity index (χ1v) is 8.35. The van der Waals surface area contributed by atoms with Crippen LogP contribution in [0.1, 0.15) is 26.4 Å². The molecule has 0 aliphatic heterocycles. The Bertz CT molecular complexity index is 968. The van der Waals surface area contributed by atoms with Gasteiger partial charge in [0.15, 0.2) is 0 Å². The largest absolute Gasteiger partial charge is 0.465 e. The zero-order valence-electron chi connectivity index (χ0n) is 15.0. The molecule has 0 spiro atoms. The summed E-state index contributed by atoms with van der Waals surface area (Å²) in [6.07, 6.45) is 1.57. The average Bonchev–Trinajstić information content (AvgIpc) is 2.70. The predicted molar refractivity (Wildman–Crippen MR) is 104 cm³/mol. The fourth-order valence-corrected chi connectivity index (χ4v) is 2.51. The Morgan fingerprint density at radius 2 is 1.78 bits per heavy atom. The molecule has 0 unspecified atom stereocenters. The van der Waals surface area contributed by atoms with E-state index < -0.39 is 5.97 Å². The van der Waals surface area contributed by atoms with Gasteiger partial charge in [-0.15, -0.1) is 0 Å². The Hall–Kier alpha value is -3.67. The molecule has 0 aliphatic rings. The molecule has 0 bridgehead atoms. The molecule has 1 amide bonds. The summed E-state index contributed by atoms with van der Waals surface area (Å²) in [5, 5.41) is 6.00. The van der Waals surface area contributed by atoms with Gasteiger partial charge in [-0.25, -0.2) is 9.78 Å². The van der Waals surface area contributed by atoms with Crippen molar-refractivity contribution >= 4 is 28.9 Å². The Morgan fingerprint density at radius 3 is 2.48 bits per heavy atom. The minimum atomic E-state index is -0.403. The first-order chi connectivity index (χ1) is 13.1. The quantitative estimate of drug-likeness (QED) is 0.667. The number of rotatable bonds is 5. The van der Waals surface area contributed by atoms with Gasteiger partial charge >= 0.3 is 5.97 Å². The molecule has 3 rings (SSSR count). The van der Waals surface area contributed by atoms with E-state index in [1.54, 1.807) is 36.5 Å². The van der Waals surface area contributed by atoms with E-state index in [9.17, 15) is 9.59 Å². The van der Waals surface area contributed by atoms with Crippen molar-refractivity contribution in [3.63, 3.8) is 0 Å². The molecule has 0 aliphatic carbocycles. The van der Waals surface area contributed by atoms with Crippen molar-refractivity contribution in [3.05, 3.63) is 83.7 Å². The van der Waals surface area contributed by atoms with Crippen LogP contribution in [0.5, 0.6) is 0 Å². The Balaban J connectivity index is 1.69. The van der Waals surface area contributed by atoms with E-state index in [1.807, 2.05) is 37.3 Å². The molecule has 3 aromatic rings. The van der Waals surface area contributed by atoms with E-state index in [4.69, 9.17) is 4.74 Å². The summed E-state index contributed by atoms with van der Waals surface area (Å²) in [4.78, 5) is 28.2. The predicted octanol–water partition coefficient (Wildman–Crippen LogP) is 4.17. The van der Waals surface area contributed by atoms with Crippen LogP contribution in [0.3, 0.4) is 0 Å². The molecular weight excluding hydrogens is 342 g/mol. The molecule has 1 aromatic heterocycles. The van der Waals surface area contributed by atoms with Crippen LogP contribution >= 0.6 is 0 Å². The molecule has 0 saturated carbocycles. The number of methoxy groups -OCH3 is 1. The number of aromatic nitrogens is 1. The highest BCUT2D eigenvalue weighted by atomic mass is 16.5. The lowest BCUT2D eigenvalue weighted by molar-refractivity contribution is 0.0600. The van der Waals surface area contributed by atoms with Crippen LogP contribution in [-0.4, -0.2) is 24.0 Å². The Labute approximate surface area is 157 Å². The maximum absolute atomic E-state index is 12.3. The van der Waals surface area contributed by atoms with Gasteiger partial charge in [-0.1, -0.05) is 24.3 Å². The van der Waals surface area contributed by atoms with Crippen molar-refractivity contribution in [2.75, 3.05) is 17.7 Å².